The van der Waals surface area contributed by atoms with Crippen molar-refractivity contribution in [2.24, 2.45) is 0 Å². The number of hydrogen-bond donors (Lipinski definition) is 0. The fourth-order valence-corrected chi connectivity index (χ4v) is 5.26. The van der Waals surface area contributed by atoms with Crippen LogP contribution in [-0.4, -0.2) is 39.4 Å². The molecule has 0 radical (unpaired) electrons. The summed E-state index contributed by atoms with van der Waals surface area (Å²) in [5, 5.41) is 2.31. The second-order valence-electron chi connectivity index (χ2n) is 5.68. The average Bonchev–Trinajstić information content (AvgIpc) is 3.01. The highest BCUT2D eigenvalue weighted by Gasteiger charge is 2.21. The molecule has 0 bridgehead atoms. The molecular formula is C17H18N4OS2. The Morgan fingerprint density at radius 3 is 2.96 bits per heavy atom. The molecule has 5 nitrogen and oxygen atoms in total. The first kappa shape index (κ1) is 15.9. The first-order valence-corrected chi connectivity index (χ1v) is 9.87. The molecule has 0 aromatic carbocycles. The smallest absolute Gasteiger partial charge is 0.182 e. The molecule has 7 heteroatoms. The summed E-state index contributed by atoms with van der Waals surface area (Å²) in [6, 6.07) is 0. The third-order valence-electron chi connectivity index (χ3n) is 4.10. The zero-order valence-electron chi connectivity index (χ0n) is 13.5. The van der Waals surface area contributed by atoms with Crippen LogP contribution >= 0.6 is 23.1 Å². The molecule has 0 saturated carbocycles. The first-order chi connectivity index (χ1) is 11.9. The molecule has 124 valence electrons. The van der Waals surface area contributed by atoms with Crippen molar-refractivity contribution >= 4 is 33.3 Å². The Hall–Kier alpha value is -1.57. The van der Waals surface area contributed by atoms with E-state index in [2.05, 4.69) is 9.97 Å². The molecule has 0 unspecified atom stereocenters. The number of hydrogen-bond acceptors (Lipinski definition) is 7. The Balaban J connectivity index is 1.85. The van der Waals surface area contributed by atoms with Gasteiger partial charge < -0.3 is 4.74 Å². The number of ether oxygens (including phenoxy) is 1. The monoisotopic (exact) mass is 358 g/mol. The SMILES string of the molecule is COCCSc1nc(-c2cnccn2)nc2sc3c(c12)CCCC3. The molecule has 4 rings (SSSR count). The van der Waals surface area contributed by atoms with Crippen LogP contribution in [0.4, 0.5) is 0 Å². The van der Waals surface area contributed by atoms with Crippen LogP contribution < -0.4 is 0 Å². The van der Waals surface area contributed by atoms with E-state index in [1.54, 1.807) is 37.5 Å². The van der Waals surface area contributed by atoms with Gasteiger partial charge in [0.25, 0.3) is 0 Å². The Morgan fingerprint density at radius 2 is 2.12 bits per heavy atom. The van der Waals surface area contributed by atoms with E-state index in [0.717, 1.165) is 27.7 Å². The van der Waals surface area contributed by atoms with Crippen LogP contribution in [0.1, 0.15) is 23.3 Å². The number of aryl methyl sites for hydroxylation is 2. The molecule has 0 amide bonds. The molecule has 3 aromatic heterocycles. The minimum Gasteiger partial charge on any atom is -0.384 e. The van der Waals surface area contributed by atoms with E-state index in [0.29, 0.717) is 12.4 Å². The van der Waals surface area contributed by atoms with Crippen LogP contribution in [-0.2, 0) is 17.6 Å². The summed E-state index contributed by atoms with van der Waals surface area (Å²) in [5.41, 5.74) is 2.19. The average molecular weight is 358 g/mol. The Morgan fingerprint density at radius 1 is 1.21 bits per heavy atom. The van der Waals surface area contributed by atoms with E-state index in [9.17, 15) is 0 Å². The highest BCUT2D eigenvalue weighted by molar-refractivity contribution is 7.99. The lowest BCUT2D eigenvalue weighted by molar-refractivity contribution is 0.218. The number of thiophene rings is 1. The molecule has 0 spiro atoms. The van der Waals surface area contributed by atoms with Crippen LogP contribution in [0.25, 0.3) is 21.7 Å². The summed E-state index contributed by atoms with van der Waals surface area (Å²) in [7, 11) is 1.73. The van der Waals surface area contributed by atoms with E-state index >= 15 is 0 Å². The minimum atomic E-state index is 0.661. The van der Waals surface area contributed by atoms with Gasteiger partial charge in [-0.15, -0.1) is 23.1 Å². The molecule has 0 saturated heterocycles. The van der Waals surface area contributed by atoms with Crippen LogP contribution in [0.2, 0.25) is 0 Å². The molecule has 3 aromatic rings. The van der Waals surface area contributed by atoms with Crippen LogP contribution in [0.5, 0.6) is 0 Å². The van der Waals surface area contributed by atoms with Crippen molar-refractivity contribution in [2.75, 3.05) is 19.5 Å². The lowest BCUT2D eigenvalue weighted by Gasteiger charge is -2.12. The molecular weight excluding hydrogens is 340 g/mol. The highest BCUT2D eigenvalue weighted by atomic mass is 32.2. The molecule has 0 fully saturated rings. The van der Waals surface area contributed by atoms with Crippen molar-refractivity contribution in [2.45, 2.75) is 30.7 Å². The van der Waals surface area contributed by atoms with Crippen molar-refractivity contribution in [3.05, 3.63) is 29.0 Å². The number of methoxy groups -OCH3 is 1. The third-order valence-corrected chi connectivity index (χ3v) is 6.23. The summed E-state index contributed by atoms with van der Waals surface area (Å²) in [4.78, 5) is 20.7. The molecule has 0 atom stereocenters. The maximum absolute atomic E-state index is 5.20. The fraction of sp³-hybridized carbons (Fsp3) is 0.412. The van der Waals surface area contributed by atoms with Crippen molar-refractivity contribution in [1.82, 2.24) is 19.9 Å². The van der Waals surface area contributed by atoms with Gasteiger partial charge in [0.2, 0.25) is 0 Å². The number of rotatable bonds is 5. The second-order valence-corrected chi connectivity index (χ2v) is 7.84. The largest absolute Gasteiger partial charge is 0.384 e. The second kappa shape index (κ2) is 7.13. The van der Waals surface area contributed by atoms with Gasteiger partial charge in [-0.1, -0.05) is 0 Å². The van der Waals surface area contributed by atoms with E-state index in [1.807, 2.05) is 11.3 Å². The van der Waals surface area contributed by atoms with Gasteiger partial charge in [0.1, 0.15) is 15.6 Å². The highest BCUT2D eigenvalue weighted by Crippen LogP contribution is 2.40. The maximum Gasteiger partial charge on any atom is 0.182 e. The number of fused-ring (bicyclic) bond motifs is 3. The Kier molecular flexibility index (Phi) is 4.73. The van der Waals surface area contributed by atoms with Crippen molar-refractivity contribution in [3.63, 3.8) is 0 Å². The number of nitrogens with zero attached hydrogens (tertiary/aromatic N) is 4. The fourth-order valence-electron chi connectivity index (χ4n) is 2.98. The molecule has 3 heterocycles. The van der Waals surface area contributed by atoms with E-state index in [-0.39, 0.29) is 0 Å². The van der Waals surface area contributed by atoms with Gasteiger partial charge >= 0.3 is 0 Å². The van der Waals surface area contributed by atoms with E-state index in [1.165, 1.54) is 35.1 Å². The van der Waals surface area contributed by atoms with Gasteiger partial charge in [0.15, 0.2) is 5.82 Å². The molecule has 1 aliphatic carbocycles. The van der Waals surface area contributed by atoms with Crippen LogP contribution in [0.3, 0.4) is 0 Å². The predicted octanol–water partition coefficient (Wildman–Crippen LogP) is 3.77. The first-order valence-electron chi connectivity index (χ1n) is 8.07. The third kappa shape index (κ3) is 3.03. The van der Waals surface area contributed by atoms with Gasteiger partial charge in [-0.3, -0.25) is 4.98 Å². The summed E-state index contributed by atoms with van der Waals surface area (Å²) >= 11 is 3.56. The summed E-state index contributed by atoms with van der Waals surface area (Å²) in [6.07, 6.45) is 9.90. The minimum absolute atomic E-state index is 0.661. The number of thioether (sulfide) groups is 1. The van der Waals surface area contributed by atoms with Crippen LogP contribution in [0.15, 0.2) is 23.6 Å². The molecule has 0 N–H and O–H groups in total. The van der Waals surface area contributed by atoms with E-state index in [4.69, 9.17) is 14.7 Å². The van der Waals surface area contributed by atoms with Crippen molar-refractivity contribution in [1.29, 1.82) is 0 Å². The van der Waals surface area contributed by atoms with Gasteiger partial charge in [0.05, 0.1) is 12.8 Å². The van der Waals surface area contributed by atoms with Crippen molar-refractivity contribution < 1.29 is 4.74 Å². The van der Waals surface area contributed by atoms with Crippen LogP contribution in [0, 0.1) is 0 Å². The Labute approximate surface area is 148 Å². The van der Waals surface area contributed by atoms with Gasteiger partial charge in [-0.25, -0.2) is 15.0 Å². The number of aromatic nitrogens is 4. The molecule has 1 aliphatic rings. The zero-order chi connectivity index (χ0) is 16.4. The van der Waals surface area contributed by atoms with E-state index < -0.39 is 0 Å². The normalized spacial score (nSPS) is 14.0. The van der Waals surface area contributed by atoms with Crippen molar-refractivity contribution in [3.8, 4) is 11.5 Å². The lowest BCUT2D eigenvalue weighted by Crippen LogP contribution is -2.01. The summed E-state index contributed by atoms with van der Waals surface area (Å²) in [5.74, 6) is 1.54. The summed E-state index contributed by atoms with van der Waals surface area (Å²) < 4.78 is 5.20. The molecule has 24 heavy (non-hydrogen) atoms. The lowest BCUT2D eigenvalue weighted by atomic mass is 9.97. The topological polar surface area (TPSA) is 60.8 Å². The zero-order valence-corrected chi connectivity index (χ0v) is 15.1. The predicted molar refractivity (Wildman–Crippen MR) is 97.7 cm³/mol. The Bertz CT molecular complexity index is 851. The van der Waals surface area contributed by atoms with Gasteiger partial charge in [-0.2, -0.15) is 0 Å². The molecule has 0 aliphatic heterocycles. The summed E-state index contributed by atoms with van der Waals surface area (Å²) in [6.45, 7) is 0.711. The standard InChI is InChI=1S/C17H18N4OS2/c1-22-8-9-23-16-14-11-4-2-3-5-13(11)24-17(14)21-15(20-16)12-10-18-6-7-19-12/h6-7,10H,2-5,8-9H2,1H3. The van der Waals surface area contributed by atoms with Gasteiger partial charge in [0, 0.05) is 35.5 Å². The quantitative estimate of drug-likeness (QED) is 0.393. The van der Waals surface area contributed by atoms with Gasteiger partial charge in [-0.05, 0) is 31.2 Å². The maximum atomic E-state index is 5.20.